The van der Waals surface area contributed by atoms with Crippen LogP contribution in [0.5, 0.6) is 0 Å². The van der Waals surface area contributed by atoms with Crippen molar-refractivity contribution >= 4 is 27.4 Å². The molecule has 2 N–H and O–H groups in total. The van der Waals surface area contributed by atoms with Crippen LogP contribution >= 0.6 is 11.6 Å². The number of halogens is 1. The first-order valence-electron chi connectivity index (χ1n) is 4.31. The molecule has 0 bridgehead atoms. The summed E-state index contributed by atoms with van der Waals surface area (Å²) in [4.78, 5) is 3.96. The maximum Gasteiger partial charge on any atom is 0.213 e. The molecule has 0 aliphatic rings. The van der Waals surface area contributed by atoms with E-state index >= 15 is 0 Å². The Kier molecular flexibility index (Phi) is 4.31. The summed E-state index contributed by atoms with van der Waals surface area (Å²) >= 11 is 5.66. The van der Waals surface area contributed by atoms with Gasteiger partial charge < -0.3 is 5.32 Å². The van der Waals surface area contributed by atoms with Crippen molar-refractivity contribution in [2.75, 3.05) is 24.7 Å². The molecular weight excluding hydrogens is 238 g/mol. The maximum atomic E-state index is 11.1. The topological polar surface area (TPSA) is 71.1 Å². The van der Waals surface area contributed by atoms with Crippen molar-refractivity contribution < 1.29 is 8.42 Å². The van der Waals surface area contributed by atoms with Gasteiger partial charge in [0.1, 0.15) is 11.0 Å². The minimum Gasteiger partial charge on any atom is -0.369 e. The van der Waals surface area contributed by atoms with Gasteiger partial charge in [0.25, 0.3) is 0 Å². The molecule has 0 fully saturated rings. The third-order valence-electron chi connectivity index (χ3n) is 1.70. The summed E-state index contributed by atoms with van der Waals surface area (Å²) in [5, 5.41) is 3.23. The van der Waals surface area contributed by atoms with Crippen molar-refractivity contribution in [3.63, 3.8) is 0 Å². The summed E-state index contributed by atoms with van der Waals surface area (Å²) in [6.07, 6.45) is 0. The summed E-state index contributed by atoms with van der Waals surface area (Å²) in [5.41, 5.74) is 0. The lowest BCUT2D eigenvalue weighted by atomic mass is 10.4. The fourth-order valence-electron chi connectivity index (χ4n) is 0.922. The van der Waals surface area contributed by atoms with Gasteiger partial charge in [-0.3, -0.25) is 0 Å². The van der Waals surface area contributed by atoms with E-state index in [9.17, 15) is 8.42 Å². The summed E-state index contributed by atoms with van der Waals surface area (Å²) in [5.74, 6) is 0.561. The van der Waals surface area contributed by atoms with E-state index in [1.807, 2.05) is 0 Å². The van der Waals surface area contributed by atoms with E-state index in [0.717, 1.165) is 0 Å². The van der Waals surface area contributed by atoms with Gasteiger partial charge in [-0.25, -0.2) is 18.1 Å². The number of anilines is 1. The lowest BCUT2D eigenvalue weighted by molar-refractivity contribution is 0.588. The van der Waals surface area contributed by atoms with E-state index in [4.69, 9.17) is 11.6 Å². The molecule has 5 nitrogen and oxygen atoms in total. The van der Waals surface area contributed by atoms with Gasteiger partial charge in [0.05, 0.1) is 5.75 Å². The van der Waals surface area contributed by atoms with E-state index in [1.54, 1.807) is 18.2 Å². The van der Waals surface area contributed by atoms with Crippen LogP contribution in [0, 0.1) is 0 Å². The van der Waals surface area contributed by atoms with Crippen molar-refractivity contribution in [2.45, 2.75) is 0 Å². The van der Waals surface area contributed by atoms with Crippen LogP contribution in [0.25, 0.3) is 0 Å². The highest BCUT2D eigenvalue weighted by Gasteiger charge is 2.05. The van der Waals surface area contributed by atoms with Crippen LogP contribution in [-0.2, 0) is 10.0 Å². The number of nitrogens with zero attached hydrogens (tertiary/aromatic N) is 1. The third kappa shape index (κ3) is 4.46. The molecule has 15 heavy (non-hydrogen) atoms. The first-order valence-corrected chi connectivity index (χ1v) is 6.34. The van der Waals surface area contributed by atoms with Gasteiger partial charge in [0.2, 0.25) is 10.0 Å². The Bertz CT molecular complexity index is 422. The third-order valence-corrected chi connectivity index (χ3v) is 3.28. The van der Waals surface area contributed by atoms with Crippen LogP contribution in [0.4, 0.5) is 5.82 Å². The summed E-state index contributed by atoms with van der Waals surface area (Å²) in [6, 6.07) is 5.11. The SMILES string of the molecule is CNS(=O)(=O)CCNc1cccc(Cl)n1. The summed E-state index contributed by atoms with van der Waals surface area (Å²) in [7, 11) is -1.79. The Morgan fingerprint density at radius 1 is 1.47 bits per heavy atom. The van der Waals surface area contributed by atoms with Gasteiger partial charge in [0.15, 0.2) is 0 Å². The van der Waals surface area contributed by atoms with Crippen molar-refractivity contribution in [1.29, 1.82) is 0 Å². The van der Waals surface area contributed by atoms with Gasteiger partial charge in [-0.2, -0.15) is 0 Å². The van der Waals surface area contributed by atoms with Gasteiger partial charge in [-0.15, -0.1) is 0 Å². The predicted molar refractivity (Wildman–Crippen MR) is 60.6 cm³/mol. The second-order valence-electron chi connectivity index (χ2n) is 2.80. The Balaban J connectivity index is 2.45. The molecule has 1 rings (SSSR count). The van der Waals surface area contributed by atoms with Crippen molar-refractivity contribution in [2.24, 2.45) is 0 Å². The fraction of sp³-hybridized carbons (Fsp3) is 0.375. The Morgan fingerprint density at radius 3 is 2.80 bits per heavy atom. The Hall–Kier alpha value is -0.850. The minimum atomic E-state index is -3.17. The molecule has 0 spiro atoms. The zero-order valence-electron chi connectivity index (χ0n) is 8.20. The lowest BCUT2D eigenvalue weighted by Crippen LogP contribution is -2.26. The monoisotopic (exact) mass is 249 g/mol. The second-order valence-corrected chi connectivity index (χ2v) is 5.23. The van der Waals surface area contributed by atoms with Gasteiger partial charge >= 0.3 is 0 Å². The molecule has 0 atom stereocenters. The van der Waals surface area contributed by atoms with E-state index in [1.165, 1.54) is 7.05 Å². The first kappa shape index (κ1) is 12.2. The number of hydrogen-bond donors (Lipinski definition) is 2. The highest BCUT2D eigenvalue weighted by Crippen LogP contribution is 2.08. The maximum absolute atomic E-state index is 11.1. The zero-order valence-corrected chi connectivity index (χ0v) is 9.77. The van der Waals surface area contributed by atoms with Crippen molar-refractivity contribution in [3.05, 3.63) is 23.4 Å². The summed E-state index contributed by atoms with van der Waals surface area (Å²) < 4.78 is 24.3. The van der Waals surface area contributed by atoms with Gasteiger partial charge in [-0.1, -0.05) is 17.7 Å². The molecule has 0 aliphatic carbocycles. The fourth-order valence-corrected chi connectivity index (χ4v) is 1.66. The van der Waals surface area contributed by atoms with Gasteiger partial charge in [0, 0.05) is 6.54 Å². The number of hydrogen-bond acceptors (Lipinski definition) is 4. The van der Waals surface area contributed by atoms with Gasteiger partial charge in [-0.05, 0) is 19.2 Å². The standard InChI is InChI=1S/C8H12ClN3O2S/c1-10-15(13,14)6-5-11-8-4-2-3-7(9)12-8/h2-4,10H,5-6H2,1H3,(H,11,12). The number of pyridine rings is 1. The Labute approximate surface area is 93.9 Å². The molecule has 1 heterocycles. The highest BCUT2D eigenvalue weighted by atomic mass is 35.5. The highest BCUT2D eigenvalue weighted by molar-refractivity contribution is 7.89. The number of rotatable bonds is 5. The normalized spacial score (nSPS) is 11.3. The molecule has 0 saturated heterocycles. The average Bonchev–Trinajstić information content (AvgIpc) is 2.18. The Morgan fingerprint density at radius 2 is 2.20 bits per heavy atom. The lowest BCUT2D eigenvalue weighted by Gasteiger charge is -2.05. The minimum absolute atomic E-state index is 0.00229. The molecule has 1 aromatic heterocycles. The van der Waals surface area contributed by atoms with E-state index in [-0.39, 0.29) is 12.3 Å². The van der Waals surface area contributed by atoms with Crippen LogP contribution < -0.4 is 10.0 Å². The quantitative estimate of drug-likeness (QED) is 0.754. The van der Waals surface area contributed by atoms with Crippen LogP contribution in [-0.4, -0.2) is 32.7 Å². The number of nitrogens with one attached hydrogen (secondary N) is 2. The second kappa shape index (κ2) is 5.29. The molecule has 0 saturated carbocycles. The molecule has 84 valence electrons. The van der Waals surface area contributed by atoms with Crippen LogP contribution in [0.15, 0.2) is 18.2 Å². The molecule has 0 amide bonds. The molecule has 0 aromatic carbocycles. The molecule has 0 unspecified atom stereocenters. The van der Waals surface area contributed by atoms with Crippen LogP contribution in [0.1, 0.15) is 0 Å². The van der Waals surface area contributed by atoms with E-state index in [0.29, 0.717) is 11.0 Å². The first-order chi connectivity index (χ1) is 7.03. The molecule has 1 aromatic rings. The molecule has 0 radical (unpaired) electrons. The molecule has 0 aliphatic heterocycles. The predicted octanol–water partition coefficient (Wildman–Crippen LogP) is 0.696. The summed E-state index contributed by atoms with van der Waals surface area (Å²) in [6.45, 7) is 0.288. The largest absolute Gasteiger partial charge is 0.369 e. The number of sulfonamides is 1. The number of aromatic nitrogens is 1. The van der Waals surface area contributed by atoms with Crippen molar-refractivity contribution in [3.8, 4) is 0 Å². The van der Waals surface area contributed by atoms with Crippen LogP contribution in [0.2, 0.25) is 5.15 Å². The van der Waals surface area contributed by atoms with E-state index < -0.39 is 10.0 Å². The molecular formula is C8H12ClN3O2S. The van der Waals surface area contributed by atoms with E-state index in [2.05, 4.69) is 15.0 Å². The average molecular weight is 250 g/mol. The van der Waals surface area contributed by atoms with Crippen LogP contribution in [0.3, 0.4) is 0 Å². The smallest absolute Gasteiger partial charge is 0.213 e. The van der Waals surface area contributed by atoms with Crippen molar-refractivity contribution in [1.82, 2.24) is 9.71 Å². The zero-order chi connectivity index (χ0) is 11.3. The molecule has 7 heteroatoms.